The maximum Gasteiger partial charge on any atom is 0.271 e. The van der Waals surface area contributed by atoms with E-state index in [9.17, 15) is 13.2 Å². The van der Waals surface area contributed by atoms with Crippen molar-refractivity contribution in [2.75, 3.05) is 10.0 Å². The summed E-state index contributed by atoms with van der Waals surface area (Å²) >= 11 is 1.13. The molecule has 0 fully saturated rings. The van der Waals surface area contributed by atoms with Crippen molar-refractivity contribution in [2.45, 2.75) is 24.6 Å². The Morgan fingerprint density at radius 3 is 2.52 bits per heavy atom. The fourth-order valence-corrected chi connectivity index (χ4v) is 5.39. The van der Waals surface area contributed by atoms with E-state index in [1.165, 1.54) is 6.07 Å². The Hall–Kier alpha value is -3.30. The molecular weight excluding hydrogens is 434 g/mol. The van der Waals surface area contributed by atoms with Crippen LogP contribution < -0.4 is 10.0 Å². The van der Waals surface area contributed by atoms with E-state index in [-0.39, 0.29) is 10.1 Å². The predicted molar refractivity (Wildman–Crippen MR) is 121 cm³/mol. The number of carbonyl (C=O) groups is 1. The lowest BCUT2D eigenvalue weighted by Gasteiger charge is -2.13. The lowest BCUT2D eigenvalue weighted by molar-refractivity contribution is 0.102. The summed E-state index contributed by atoms with van der Waals surface area (Å²) in [5, 5.41) is 4.53. The highest BCUT2D eigenvalue weighted by molar-refractivity contribution is 7.94. The van der Waals surface area contributed by atoms with Gasteiger partial charge in [-0.25, -0.2) is 8.42 Å². The zero-order valence-corrected chi connectivity index (χ0v) is 18.6. The number of anilines is 2. The maximum absolute atomic E-state index is 13.0. The molecule has 31 heavy (non-hydrogen) atoms. The third-order valence-corrected chi connectivity index (χ3v) is 7.65. The van der Waals surface area contributed by atoms with Gasteiger partial charge in [-0.05, 0) is 55.6 Å². The summed E-state index contributed by atoms with van der Waals surface area (Å²) in [6.45, 7) is 4.32. The number of para-hydroxylation sites is 2. The Kier molecular flexibility index (Phi) is 5.71. The summed E-state index contributed by atoms with van der Waals surface area (Å²) in [5.74, 6) is 0.476. The molecule has 4 rings (SSSR count). The number of nitrogens with zero attached hydrogens (tertiary/aromatic N) is 1. The van der Waals surface area contributed by atoms with Crippen LogP contribution in [0.1, 0.15) is 27.5 Å². The first-order chi connectivity index (χ1) is 14.8. The highest BCUT2D eigenvalue weighted by Gasteiger charge is 2.20. The van der Waals surface area contributed by atoms with E-state index in [2.05, 4.69) is 10.0 Å². The number of sulfonamides is 1. The summed E-state index contributed by atoms with van der Waals surface area (Å²) in [6, 6.07) is 15.4. The Labute approximate surface area is 184 Å². The summed E-state index contributed by atoms with van der Waals surface area (Å²) in [6.07, 6.45) is 1.62. The van der Waals surface area contributed by atoms with Crippen molar-refractivity contribution in [3.8, 4) is 0 Å². The van der Waals surface area contributed by atoms with E-state index in [0.29, 0.717) is 23.5 Å². The van der Waals surface area contributed by atoms with Crippen molar-refractivity contribution in [3.05, 3.63) is 89.0 Å². The number of amides is 1. The predicted octanol–water partition coefficient (Wildman–Crippen LogP) is 4.86. The molecule has 0 saturated heterocycles. The molecule has 7 nitrogen and oxygen atoms in total. The molecule has 0 aliphatic rings. The number of aryl methyl sites for hydroxylation is 1. The normalized spacial score (nSPS) is 11.4. The van der Waals surface area contributed by atoms with Gasteiger partial charge < -0.3 is 14.3 Å². The molecule has 0 saturated carbocycles. The summed E-state index contributed by atoms with van der Waals surface area (Å²) < 4.78 is 35.4. The van der Waals surface area contributed by atoms with Gasteiger partial charge in [-0.3, -0.25) is 9.52 Å². The molecule has 160 valence electrons. The minimum atomic E-state index is -3.73. The van der Waals surface area contributed by atoms with Crippen molar-refractivity contribution in [2.24, 2.45) is 0 Å². The minimum absolute atomic E-state index is 0.204. The third kappa shape index (κ3) is 4.42. The van der Waals surface area contributed by atoms with Crippen LogP contribution in [0.15, 0.2) is 74.9 Å². The average Bonchev–Trinajstić information content (AvgIpc) is 3.48. The first-order valence-electron chi connectivity index (χ1n) is 9.51. The Morgan fingerprint density at radius 1 is 1.06 bits per heavy atom. The molecule has 2 N–H and O–H groups in total. The van der Waals surface area contributed by atoms with Crippen molar-refractivity contribution in [1.29, 1.82) is 0 Å². The molecule has 1 aromatic carbocycles. The van der Waals surface area contributed by atoms with Crippen LogP contribution in [0.5, 0.6) is 0 Å². The molecule has 0 aliphatic heterocycles. The average molecular weight is 456 g/mol. The van der Waals surface area contributed by atoms with Crippen LogP contribution in [0, 0.1) is 13.8 Å². The molecule has 9 heteroatoms. The van der Waals surface area contributed by atoms with Gasteiger partial charge in [0.25, 0.3) is 15.9 Å². The van der Waals surface area contributed by atoms with Crippen molar-refractivity contribution >= 4 is 38.6 Å². The highest BCUT2D eigenvalue weighted by atomic mass is 32.2. The molecule has 0 atom stereocenters. The number of aromatic nitrogens is 1. The van der Waals surface area contributed by atoms with Crippen molar-refractivity contribution in [1.82, 2.24) is 4.57 Å². The van der Waals surface area contributed by atoms with Crippen LogP contribution in [-0.4, -0.2) is 18.9 Å². The second kappa shape index (κ2) is 8.44. The maximum atomic E-state index is 13.0. The lowest BCUT2D eigenvalue weighted by Crippen LogP contribution is -2.17. The molecule has 1 amide bonds. The van der Waals surface area contributed by atoms with E-state index in [4.69, 9.17) is 4.42 Å². The second-order valence-corrected chi connectivity index (χ2v) is 9.84. The fraction of sp³-hybridized carbons (Fsp3) is 0.136. The van der Waals surface area contributed by atoms with Crippen LogP contribution in [0.25, 0.3) is 0 Å². The molecule has 3 aromatic heterocycles. The van der Waals surface area contributed by atoms with Crippen LogP contribution in [0.4, 0.5) is 11.4 Å². The minimum Gasteiger partial charge on any atom is -0.467 e. The second-order valence-electron chi connectivity index (χ2n) is 6.99. The monoisotopic (exact) mass is 455 g/mol. The standard InChI is InChI=1S/C22H21N3O4S2/c1-15-13-18(16(2)25(15)14-17-7-5-11-29-17)22(26)23-19-8-3-4-9-20(19)24-31(27,28)21-10-6-12-30-21/h3-13,24H,14H2,1-2H3,(H,23,26). The number of hydrogen-bond donors (Lipinski definition) is 2. The Morgan fingerprint density at radius 2 is 1.84 bits per heavy atom. The topological polar surface area (TPSA) is 93.3 Å². The molecular formula is C22H21N3O4S2. The largest absolute Gasteiger partial charge is 0.467 e. The molecule has 0 unspecified atom stereocenters. The molecule has 0 spiro atoms. The van der Waals surface area contributed by atoms with Gasteiger partial charge in [-0.2, -0.15) is 0 Å². The van der Waals surface area contributed by atoms with E-state index in [0.717, 1.165) is 28.5 Å². The highest BCUT2D eigenvalue weighted by Crippen LogP contribution is 2.27. The van der Waals surface area contributed by atoms with E-state index < -0.39 is 10.0 Å². The lowest BCUT2D eigenvalue weighted by atomic mass is 10.2. The molecule has 0 aliphatic carbocycles. The smallest absolute Gasteiger partial charge is 0.271 e. The van der Waals surface area contributed by atoms with Gasteiger partial charge in [0.15, 0.2) is 0 Å². The number of furan rings is 1. The molecule has 0 bridgehead atoms. The fourth-order valence-electron chi connectivity index (χ4n) is 3.31. The SMILES string of the molecule is Cc1cc(C(=O)Nc2ccccc2NS(=O)(=O)c2cccs2)c(C)n1Cc1ccco1. The van der Waals surface area contributed by atoms with Gasteiger partial charge in [0, 0.05) is 11.4 Å². The Balaban J connectivity index is 1.57. The van der Waals surface area contributed by atoms with Gasteiger partial charge in [0.1, 0.15) is 9.97 Å². The van der Waals surface area contributed by atoms with Gasteiger partial charge in [-0.1, -0.05) is 18.2 Å². The quantitative estimate of drug-likeness (QED) is 0.416. The third-order valence-electron chi connectivity index (χ3n) is 4.89. The number of hydrogen-bond acceptors (Lipinski definition) is 5. The zero-order valence-electron chi connectivity index (χ0n) is 17.0. The van der Waals surface area contributed by atoms with E-state index in [1.807, 2.05) is 36.6 Å². The summed E-state index contributed by atoms with van der Waals surface area (Å²) in [5.41, 5.74) is 2.91. The zero-order chi connectivity index (χ0) is 22.0. The molecule has 4 aromatic rings. The van der Waals surface area contributed by atoms with Crippen LogP contribution >= 0.6 is 11.3 Å². The first kappa shape index (κ1) is 21.0. The number of benzene rings is 1. The van der Waals surface area contributed by atoms with Gasteiger partial charge in [-0.15, -0.1) is 11.3 Å². The van der Waals surface area contributed by atoms with E-state index >= 15 is 0 Å². The van der Waals surface area contributed by atoms with Crippen molar-refractivity contribution < 1.29 is 17.6 Å². The van der Waals surface area contributed by atoms with Crippen molar-refractivity contribution in [3.63, 3.8) is 0 Å². The van der Waals surface area contributed by atoms with Crippen LogP contribution in [-0.2, 0) is 16.6 Å². The molecule has 3 heterocycles. The van der Waals surface area contributed by atoms with Crippen LogP contribution in [0.2, 0.25) is 0 Å². The van der Waals surface area contributed by atoms with Gasteiger partial charge in [0.05, 0.1) is 29.7 Å². The van der Waals surface area contributed by atoms with Crippen LogP contribution in [0.3, 0.4) is 0 Å². The van der Waals surface area contributed by atoms with E-state index in [1.54, 1.807) is 42.0 Å². The first-order valence-corrected chi connectivity index (χ1v) is 11.9. The number of carbonyl (C=O) groups excluding carboxylic acids is 1. The number of rotatable bonds is 7. The number of thiophene rings is 1. The number of nitrogens with one attached hydrogen (secondary N) is 2. The van der Waals surface area contributed by atoms with Gasteiger partial charge >= 0.3 is 0 Å². The van der Waals surface area contributed by atoms with Gasteiger partial charge in [0.2, 0.25) is 0 Å². The molecule has 0 radical (unpaired) electrons. The summed E-state index contributed by atoms with van der Waals surface area (Å²) in [4.78, 5) is 13.0. The summed E-state index contributed by atoms with van der Waals surface area (Å²) in [7, 11) is -3.73. The Bertz CT molecular complexity index is 1300.